The Morgan fingerprint density at radius 3 is 2.29 bits per heavy atom. The highest BCUT2D eigenvalue weighted by molar-refractivity contribution is 5.99. The van der Waals surface area contributed by atoms with Crippen LogP contribution < -0.4 is 15.0 Å². The molecule has 3 heterocycles. The van der Waals surface area contributed by atoms with Crippen molar-refractivity contribution in [3.05, 3.63) is 120 Å². The topological polar surface area (TPSA) is 70.2 Å². The second-order valence-electron chi connectivity index (χ2n) is 13.0. The maximum atomic E-state index is 14.4. The molecule has 3 aromatic carbocycles. The highest BCUT2D eigenvalue weighted by Gasteiger charge is 2.27. The van der Waals surface area contributed by atoms with Crippen molar-refractivity contribution in [2.24, 2.45) is 0 Å². The molecule has 1 N–H and O–H groups in total. The Kier molecular flexibility index (Phi) is 11.2. The number of carbonyl (C=O) groups excluding carboxylic acids is 1. The smallest absolute Gasteiger partial charge is 0.254 e. The molecule has 0 aliphatic carbocycles. The van der Waals surface area contributed by atoms with Crippen LogP contribution in [0.4, 0.5) is 10.1 Å². The predicted octanol–water partition coefficient (Wildman–Crippen LogP) is 6.27. The van der Waals surface area contributed by atoms with E-state index in [9.17, 15) is 9.18 Å². The molecule has 2 saturated heterocycles. The summed E-state index contributed by atoms with van der Waals surface area (Å²) in [5.41, 5.74) is 7.31. The highest BCUT2D eigenvalue weighted by Crippen LogP contribution is 2.26. The van der Waals surface area contributed by atoms with E-state index in [2.05, 4.69) is 75.2 Å². The number of ether oxygens (including phenoxy) is 2. The summed E-state index contributed by atoms with van der Waals surface area (Å²) in [5.74, 6) is -0.0768. The lowest BCUT2D eigenvalue weighted by molar-refractivity contribution is 0.0342. The lowest BCUT2D eigenvalue weighted by Crippen LogP contribution is -2.42. The van der Waals surface area contributed by atoms with Crippen LogP contribution in [0.5, 0.6) is 5.88 Å². The number of aromatic nitrogens is 1. The third-order valence-electron chi connectivity index (χ3n) is 9.29. The quantitative estimate of drug-likeness (QED) is 0.192. The Balaban J connectivity index is 0.988. The minimum Gasteiger partial charge on any atom is -0.474 e. The molecule has 0 saturated carbocycles. The van der Waals surface area contributed by atoms with Crippen molar-refractivity contribution < 1.29 is 18.7 Å². The van der Waals surface area contributed by atoms with Crippen molar-refractivity contribution in [3.63, 3.8) is 0 Å². The first-order chi connectivity index (χ1) is 23.8. The number of morpholine rings is 1. The summed E-state index contributed by atoms with van der Waals surface area (Å²) in [6.07, 6.45) is 3.91. The molecule has 2 aliphatic rings. The number of nitrogens with zero attached hydrogens (tertiary/aromatic N) is 4. The van der Waals surface area contributed by atoms with Crippen LogP contribution in [0.25, 0.3) is 16.8 Å². The van der Waals surface area contributed by atoms with E-state index < -0.39 is 5.82 Å². The summed E-state index contributed by atoms with van der Waals surface area (Å²) in [6.45, 7) is 10.3. The summed E-state index contributed by atoms with van der Waals surface area (Å²) >= 11 is 0. The zero-order valence-corrected chi connectivity index (χ0v) is 28.5. The molecule has 6 rings (SSSR count). The van der Waals surface area contributed by atoms with Crippen molar-refractivity contribution in [2.45, 2.75) is 31.9 Å². The van der Waals surface area contributed by atoms with E-state index in [1.807, 2.05) is 32.4 Å². The number of halogens is 1. The Labute approximate surface area is 289 Å². The van der Waals surface area contributed by atoms with Crippen LogP contribution in [0, 0.1) is 5.82 Å². The van der Waals surface area contributed by atoms with Gasteiger partial charge in [0.15, 0.2) is 0 Å². The second-order valence-corrected chi connectivity index (χ2v) is 13.0. The van der Waals surface area contributed by atoms with Crippen LogP contribution in [0.3, 0.4) is 0 Å². The van der Waals surface area contributed by atoms with Gasteiger partial charge in [-0.3, -0.25) is 9.69 Å². The van der Waals surface area contributed by atoms with Crippen LogP contribution in [0.1, 0.15) is 39.9 Å². The lowest BCUT2D eigenvalue weighted by atomic mass is 10.0. The summed E-state index contributed by atoms with van der Waals surface area (Å²) in [6, 6.07) is 25.3. The fourth-order valence-electron chi connectivity index (χ4n) is 6.33. The zero-order valence-electron chi connectivity index (χ0n) is 28.5. The first kappa shape index (κ1) is 34.1. The van der Waals surface area contributed by atoms with Gasteiger partial charge in [-0.15, -0.1) is 0 Å². The number of carbonyl (C=O) groups is 1. The maximum absolute atomic E-state index is 14.4. The molecular formula is C40H46FN5O3. The van der Waals surface area contributed by atoms with E-state index in [-0.39, 0.29) is 12.0 Å². The Morgan fingerprint density at radius 2 is 1.61 bits per heavy atom. The van der Waals surface area contributed by atoms with Crippen molar-refractivity contribution in [2.75, 3.05) is 64.9 Å². The van der Waals surface area contributed by atoms with Crippen molar-refractivity contribution >= 4 is 17.3 Å². The van der Waals surface area contributed by atoms with Gasteiger partial charge in [0.1, 0.15) is 11.9 Å². The number of hydrogen-bond donors (Lipinski definition) is 1. The predicted molar refractivity (Wildman–Crippen MR) is 193 cm³/mol. The molecule has 1 aromatic heterocycles. The monoisotopic (exact) mass is 663 g/mol. The molecule has 0 radical (unpaired) electrons. The van der Waals surface area contributed by atoms with Crippen LogP contribution in [0.2, 0.25) is 0 Å². The van der Waals surface area contributed by atoms with Gasteiger partial charge in [0.2, 0.25) is 5.88 Å². The van der Waals surface area contributed by atoms with Crippen LogP contribution in [0.15, 0.2) is 91.6 Å². The summed E-state index contributed by atoms with van der Waals surface area (Å²) in [7, 11) is 4.03. The summed E-state index contributed by atoms with van der Waals surface area (Å²) < 4.78 is 26.1. The highest BCUT2D eigenvalue weighted by atomic mass is 19.1. The molecule has 9 heteroatoms. The molecule has 2 fully saturated rings. The largest absolute Gasteiger partial charge is 0.474 e. The first-order valence-corrected chi connectivity index (χ1v) is 17.1. The van der Waals surface area contributed by atoms with E-state index in [0.717, 1.165) is 56.1 Å². The van der Waals surface area contributed by atoms with Crippen molar-refractivity contribution in [1.29, 1.82) is 0 Å². The number of piperidine rings is 1. The molecule has 2 aliphatic heterocycles. The summed E-state index contributed by atoms with van der Waals surface area (Å²) in [4.78, 5) is 24.5. The van der Waals surface area contributed by atoms with Gasteiger partial charge >= 0.3 is 0 Å². The van der Waals surface area contributed by atoms with Gasteiger partial charge in [0, 0.05) is 101 Å². The third kappa shape index (κ3) is 9.04. The number of pyridine rings is 1. The maximum Gasteiger partial charge on any atom is 0.254 e. The average molecular weight is 664 g/mol. The SMILES string of the molecule is C=C(NCCc1ccc(N(C)C)cc1)c1ccc(F)cc1C(=O)N1CCC(Oc2ccc(-c3ccc(CN4CCOCC4)cc3)cn2)CC1. The number of benzene rings is 3. The Morgan fingerprint density at radius 1 is 0.918 bits per heavy atom. The number of hydrogen-bond acceptors (Lipinski definition) is 7. The van der Waals surface area contributed by atoms with Crippen LogP contribution in [-0.2, 0) is 17.7 Å². The number of likely N-dealkylation sites (tertiary alicyclic amines) is 1. The molecule has 0 atom stereocenters. The van der Waals surface area contributed by atoms with Gasteiger partial charge in [0.25, 0.3) is 5.91 Å². The molecule has 0 unspecified atom stereocenters. The minimum absolute atomic E-state index is 0.0581. The van der Waals surface area contributed by atoms with Crippen LogP contribution >= 0.6 is 0 Å². The molecule has 8 nitrogen and oxygen atoms in total. The molecule has 0 spiro atoms. The first-order valence-electron chi connectivity index (χ1n) is 17.1. The lowest BCUT2D eigenvalue weighted by Gasteiger charge is -2.32. The van der Waals surface area contributed by atoms with Gasteiger partial charge in [-0.1, -0.05) is 43.0 Å². The number of nitrogens with one attached hydrogen (secondary N) is 1. The minimum atomic E-state index is -0.447. The molecule has 49 heavy (non-hydrogen) atoms. The van der Waals surface area contributed by atoms with Crippen molar-refractivity contribution in [3.8, 4) is 17.0 Å². The van der Waals surface area contributed by atoms with Crippen LogP contribution in [-0.4, -0.2) is 86.8 Å². The zero-order chi connectivity index (χ0) is 34.2. The Hall–Kier alpha value is -4.73. The van der Waals surface area contributed by atoms with E-state index in [0.29, 0.717) is 55.2 Å². The van der Waals surface area contributed by atoms with E-state index >= 15 is 0 Å². The Bertz CT molecular complexity index is 1700. The van der Waals surface area contributed by atoms with Gasteiger partial charge in [-0.2, -0.15) is 0 Å². The molecule has 0 bridgehead atoms. The average Bonchev–Trinajstić information content (AvgIpc) is 3.13. The van der Waals surface area contributed by atoms with E-state index in [1.54, 1.807) is 11.0 Å². The van der Waals surface area contributed by atoms with E-state index in [4.69, 9.17) is 9.47 Å². The fraction of sp³-hybridized carbons (Fsp3) is 0.350. The number of amides is 1. The molecular weight excluding hydrogens is 617 g/mol. The molecule has 256 valence electrons. The molecule has 1 amide bonds. The number of anilines is 1. The molecule has 4 aromatic rings. The third-order valence-corrected chi connectivity index (χ3v) is 9.29. The number of rotatable bonds is 12. The van der Waals surface area contributed by atoms with Gasteiger partial charge in [-0.05, 0) is 59.5 Å². The van der Waals surface area contributed by atoms with Crippen molar-refractivity contribution in [1.82, 2.24) is 20.1 Å². The standard InChI is InChI=1S/C40H46FN5O3/c1-29(42-19-16-30-6-12-35(13-7-30)44(2)3)37-14-11-34(41)26-38(37)40(47)46-20-17-36(18-21-46)49-39-15-10-33(27-43-39)32-8-4-31(5-9-32)28-45-22-24-48-25-23-45/h4-15,26-27,36,42H,1,16-25,28H2,2-3H3. The fourth-order valence-corrected chi connectivity index (χ4v) is 6.33. The van der Waals surface area contributed by atoms with Gasteiger partial charge < -0.3 is 24.6 Å². The van der Waals surface area contributed by atoms with Gasteiger partial charge in [-0.25, -0.2) is 9.37 Å². The van der Waals surface area contributed by atoms with Gasteiger partial charge in [0.05, 0.1) is 18.8 Å². The summed E-state index contributed by atoms with van der Waals surface area (Å²) in [5, 5.41) is 3.34. The normalized spacial score (nSPS) is 15.5. The second kappa shape index (κ2) is 16.1. The van der Waals surface area contributed by atoms with E-state index in [1.165, 1.54) is 23.3 Å².